The van der Waals surface area contributed by atoms with Crippen molar-refractivity contribution in [2.75, 3.05) is 33.0 Å². The van der Waals surface area contributed by atoms with E-state index in [1.807, 2.05) is 0 Å². The molecule has 0 spiro atoms. The van der Waals surface area contributed by atoms with Crippen LogP contribution < -0.4 is 10.5 Å². The van der Waals surface area contributed by atoms with Gasteiger partial charge in [-0.25, -0.2) is 0 Å². The first-order chi connectivity index (χ1) is 9.61. The van der Waals surface area contributed by atoms with E-state index in [4.69, 9.17) is 15.2 Å². The molecule has 5 nitrogen and oxygen atoms in total. The van der Waals surface area contributed by atoms with E-state index >= 15 is 0 Å². The molecule has 2 rings (SSSR count). The summed E-state index contributed by atoms with van der Waals surface area (Å²) in [5.74, 6) is 0.482. The molecule has 0 radical (unpaired) electrons. The third kappa shape index (κ3) is 3.42. The van der Waals surface area contributed by atoms with Gasteiger partial charge >= 0.3 is 0 Å². The lowest BCUT2D eigenvalue weighted by atomic mass is 10.1. The summed E-state index contributed by atoms with van der Waals surface area (Å²) in [6, 6.07) is 5.09. The van der Waals surface area contributed by atoms with E-state index in [2.05, 4.69) is 0 Å². The lowest BCUT2D eigenvalue weighted by Crippen LogP contribution is -2.37. The minimum Gasteiger partial charge on any atom is -0.495 e. The Kier molecular flexibility index (Phi) is 4.84. The van der Waals surface area contributed by atoms with Crippen LogP contribution in [0.3, 0.4) is 0 Å². The molecule has 1 aliphatic rings. The van der Waals surface area contributed by atoms with Crippen molar-refractivity contribution in [1.82, 2.24) is 4.90 Å². The van der Waals surface area contributed by atoms with E-state index in [1.165, 1.54) is 6.42 Å². The molecular weight excluding hydrogens is 256 g/mol. The summed E-state index contributed by atoms with van der Waals surface area (Å²) >= 11 is 0. The predicted octanol–water partition coefficient (Wildman–Crippen LogP) is 1.92. The standard InChI is InChI=1S/C15H22N2O3/c1-17(10-12-5-3-4-8-20-12)15(18)11-6-7-13(16)14(9-11)19-2/h6-7,9,12H,3-5,8,10,16H2,1-2H3. The van der Waals surface area contributed by atoms with Crippen molar-refractivity contribution in [2.45, 2.75) is 25.4 Å². The van der Waals surface area contributed by atoms with Gasteiger partial charge in [-0.05, 0) is 37.5 Å². The molecular formula is C15H22N2O3. The third-order valence-corrected chi connectivity index (χ3v) is 3.58. The van der Waals surface area contributed by atoms with Gasteiger partial charge in [0.1, 0.15) is 5.75 Å². The van der Waals surface area contributed by atoms with Crippen LogP contribution in [-0.4, -0.2) is 44.2 Å². The van der Waals surface area contributed by atoms with Gasteiger partial charge in [0.05, 0.1) is 18.9 Å². The minimum absolute atomic E-state index is 0.0440. The molecule has 0 aromatic heterocycles. The monoisotopic (exact) mass is 278 g/mol. The quantitative estimate of drug-likeness (QED) is 0.855. The van der Waals surface area contributed by atoms with Crippen LogP contribution in [-0.2, 0) is 4.74 Å². The van der Waals surface area contributed by atoms with Crippen molar-refractivity contribution in [3.63, 3.8) is 0 Å². The van der Waals surface area contributed by atoms with Gasteiger partial charge in [0, 0.05) is 25.8 Å². The lowest BCUT2D eigenvalue weighted by Gasteiger charge is -2.27. The van der Waals surface area contributed by atoms with Gasteiger partial charge in [-0.1, -0.05) is 0 Å². The Morgan fingerprint density at radius 2 is 2.30 bits per heavy atom. The number of hydrogen-bond donors (Lipinski definition) is 1. The second kappa shape index (κ2) is 6.61. The second-order valence-electron chi connectivity index (χ2n) is 5.13. The molecule has 1 unspecified atom stereocenters. The van der Waals surface area contributed by atoms with Gasteiger partial charge in [-0.3, -0.25) is 4.79 Å². The summed E-state index contributed by atoms with van der Waals surface area (Å²) in [5, 5.41) is 0. The van der Waals surface area contributed by atoms with Crippen LogP contribution in [0, 0.1) is 0 Å². The van der Waals surface area contributed by atoms with Crippen molar-refractivity contribution in [1.29, 1.82) is 0 Å². The normalized spacial score (nSPS) is 18.6. The van der Waals surface area contributed by atoms with Crippen LogP contribution in [0.5, 0.6) is 5.75 Å². The number of methoxy groups -OCH3 is 1. The highest BCUT2D eigenvalue weighted by molar-refractivity contribution is 5.95. The number of ether oxygens (including phenoxy) is 2. The molecule has 1 aliphatic heterocycles. The average molecular weight is 278 g/mol. The fourth-order valence-corrected chi connectivity index (χ4v) is 2.40. The first-order valence-electron chi connectivity index (χ1n) is 6.92. The molecule has 1 atom stereocenters. The van der Waals surface area contributed by atoms with Crippen LogP contribution in [0.25, 0.3) is 0 Å². The molecule has 1 aromatic carbocycles. The number of nitrogen functional groups attached to an aromatic ring is 1. The van der Waals surface area contributed by atoms with E-state index in [0.717, 1.165) is 19.4 Å². The largest absolute Gasteiger partial charge is 0.495 e. The molecule has 2 N–H and O–H groups in total. The van der Waals surface area contributed by atoms with Gasteiger partial charge in [-0.15, -0.1) is 0 Å². The van der Waals surface area contributed by atoms with E-state index < -0.39 is 0 Å². The Morgan fingerprint density at radius 1 is 1.50 bits per heavy atom. The number of anilines is 1. The van der Waals surface area contributed by atoms with Gasteiger partial charge < -0.3 is 20.1 Å². The van der Waals surface area contributed by atoms with E-state index in [1.54, 1.807) is 37.3 Å². The first-order valence-corrected chi connectivity index (χ1v) is 6.92. The number of nitrogens with zero attached hydrogens (tertiary/aromatic N) is 1. The molecule has 0 bridgehead atoms. The Hall–Kier alpha value is -1.75. The Balaban J connectivity index is 2.02. The molecule has 0 saturated carbocycles. The zero-order valence-electron chi connectivity index (χ0n) is 12.1. The van der Waals surface area contributed by atoms with Crippen LogP contribution in [0.2, 0.25) is 0 Å². The minimum atomic E-state index is -0.0440. The van der Waals surface area contributed by atoms with Crippen molar-refractivity contribution in [2.24, 2.45) is 0 Å². The Bertz CT molecular complexity index is 470. The lowest BCUT2D eigenvalue weighted by molar-refractivity contribution is -0.000190. The third-order valence-electron chi connectivity index (χ3n) is 3.58. The summed E-state index contributed by atoms with van der Waals surface area (Å²) in [6.07, 6.45) is 3.45. The SMILES string of the molecule is COc1cc(C(=O)N(C)CC2CCCCO2)ccc1N. The average Bonchev–Trinajstić information content (AvgIpc) is 2.48. The van der Waals surface area contributed by atoms with Gasteiger partial charge in [-0.2, -0.15) is 0 Å². The summed E-state index contributed by atoms with van der Waals surface area (Å²) in [5.41, 5.74) is 6.86. The predicted molar refractivity (Wildman–Crippen MR) is 78.0 cm³/mol. The molecule has 1 saturated heterocycles. The molecule has 20 heavy (non-hydrogen) atoms. The van der Waals surface area contributed by atoms with Gasteiger partial charge in [0.2, 0.25) is 0 Å². The smallest absolute Gasteiger partial charge is 0.253 e. The Labute approximate surface area is 119 Å². The van der Waals surface area contributed by atoms with E-state index in [-0.39, 0.29) is 12.0 Å². The molecule has 5 heteroatoms. The maximum Gasteiger partial charge on any atom is 0.253 e. The number of benzene rings is 1. The molecule has 1 amide bonds. The fraction of sp³-hybridized carbons (Fsp3) is 0.533. The highest BCUT2D eigenvalue weighted by Gasteiger charge is 2.20. The first kappa shape index (κ1) is 14.7. The fourth-order valence-electron chi connectivity index (χ4n) is 2.40. The van der Waals surface area contributed by atoms with Crippen LogP contribution in [0.4, 0.5) is 5.69 Å². The number of rotatable bonds is 4. The van der Waals surface area contributed by atoms with Crippen LogP contribution in [0.15, 0.2) is 18.2 Å². The zero-order chi connectivity index (χ0) is 14.5. The zero-order valence-corrected chi connectivity index (χ0v) is 12.1. The van der Waals surface area contributed by atoms with Crippen LogP contribution >= 0.6 is 0 Å². The summed E-state index contributed by atoms with van der Waals surface area (Å²) < 4.78 is 10.8. The van der Waals surface area contributed by atoms with Gasteiger partial charge in [0.15, 0.2) is 0 Å². The number of likely N-dealkylation sites (N-methyl/N-ethyl adjacent to an activating group) is 1. The molecule has 0 aliphatic carbocycles. The number of nitrogens with two attached hydrogens (primary N) is 1. The highest BCUT2D eigenvalue weighted by Crippen LogP contribution is 2.23. The molecule has 1 aromatic rings. The maximum atomic E-state index is 12.4. The number of hydrogen-bond acceptors (Lipinski definition) is 4. The Morgan fingerprint density at radius 3 is 2.95 bits per heavy atom. The maximum absolute atomic E-state index is 12.4. The number of carbonyl (C=O) groups is 1. The summed E-state index contributed by atoms with van der Waals surface area (Å²) in [4.78, 5) is 14.1. The topological polar surface area (TPSA) is 64.8 Å². The molecule has 1 fully saturated rings. The highest BCUT2D eigenvalue weighted by atomic mass is 16.5. The van der Waals surface area contributed by atoms with Crippen molar-refractivity contribution >= 4 is 11.6 Å². The molecule has 110 valence electrons. The van der Waals surface area contributed by atoms with Crippen molar-refractivity contribution in [3.05, 3.63) is 23.8 Å². The molecule has 1 heterocycles. The number of amides is 1. The van der Waals surface area contributed by atoms with Crippen molar-refractivity contribution in [3.8, 4) is 5.75 Å². The number of carbonyl (C=O) groups excluding carboxylic acids is 1. The van der Waals surface area contributed by atoms with E-state index in [9.17, 15) is 4.79 Å². The van der Waals surface area contributed by atoms with Gasteiger partial charge in [0.25, 0.3) is 5.91 Å². The van der Waals surface area contributed by atoms with E-state index in [0.29, 0.717) is 23.5 Å². The second-order valence-corrected chi connectivity index (χ2v) is 5.13. The van der Waals surface area contributed by atoms with Crippen LogP contribution in [0.1, 0.15) is 29.6 Å². The summed E-state index contributed by atoms with van der Waals surface area (Å²) in [6.45, 7) is 1.41. The summed E-state index contributed by atoms with van der Waals surface area (Å²) in [7, 11) is 3.34. The van der Waals surface area contributed by atoms with Crippen molar-refractivity contribution < 1.29 is 14.3 Å².